The maximum atomic E-state index is 4.41. The van der Waals surface area contributed by atoms with E-state index < -0.39 is 0 Å². The fourth-order valence-corrected chi connectivity index (χ4v) is 4.83. The van der Waals surface area contributed by atoms with E-state index in [9.17, 15) is 0 Å². The first-order chi connectivity index (χ1) is 11.0. The molecule has 2 aliphatic rings. The summed E-state index contributed by atoms with van der Waals surface area (Å²) < 4.78 is 0. The van der Waals surface area contributed by atoms with E-state index >= 15 is 0 Å². The van der Waals surface area contributed by atoms with E-state index in [-0.39, 0.29) is 0 Å². The van der Waals surface area contributed by atoms with Crippen LogP contribution >= 0.6 is 0 Å². The van der Waals surface area contributed by atoms with Gasteiger partial charge in [-0.15, -0.1) is 0 Å². The molecule has 0 atom stereocenters. The summed E-state index contributed by atoms with van der Waals surface area (Å²) in [6.07, 6.45) is 12.7. The van der Waals surface area contributed by atoms with Crippen LogP contribution in [0.25, 0.3) is 0 Å². The minimum Gasteiger partial charge on any atom is -0.375 e. The second kappa shape index (κ2) is 9.14. The number of piperidine rings is 1. The highest BCUT2D eigenvalue weighted by molar-refractivity contribution is 4.96. The van der Waals surface area contributed by atoms with Crippen molar-refractivity contribution in [3.05, 3.63) is 12.3 Å². The van der Waals surface area contributed by atoms with E-state index in [4.69, 9.17) is 0 Å². The first-order valence-corrected chi connectivity index (χ1v) is 10.4. The molecular formula is C22H41N. The fraction of sp³-hybridized carbons (Fsp3) is 0.909. The summed E-state index contributed by atoms with van der Waals surface area (Å²) in [5.74, 6) is 4.67. The molecule has 1 saturated carbocycles. The monoisotopic (exact) mass is 319 g/mol. The number of nitrogens with zero attached hydrogens (tertiary/aromatic N) is 1. The molecule has 0 bridgehead atoms. The molecule has 134 valence electrons. The van der Waals surface area contributed by atoms with Crippen LogP contribution in [0.15, 0.2) is 12.3 Å². The molecule has 2 fully saturated rings. The summed E-state index contributed by atoms with van der Waals surface area (Å²) in [5.41, 5.74) is 1.43. The van der Waals surface area contributed by atoms with Crippen LogP contribution in [-0.2, 0) is 0 Å². The molecular weight excluding hydrogens is 278 g/mol. The van der Waals surface area contributed by atoms with Crippen LogP contribution in [0.5, 0.6) is 0 Å². The number of hydrogen-bond donors (Lipinski definition) is 0. The van der Waals surface area contributed by atoms with Crippen molar-refractivity contribution in [2.24, 2.45) is 29.6 Å². The van der Waals surface area contributed by atoms with Crippen LogP contribution in [0.3, 0.4) is 0 Å². The molecule has 1 aliphatic carbocycles. The predicted molar refractivity (Wildman–Crippen MR) is 102 cm³/mol. The van der Waals surface area contributed by atoms with E-state index in [1.54, 1.807) is 0 Å². The van der Waals surface area contributed by atoms with Crippen LogP contribution in [-0.4, -0.2) is 18.0 Å². The van der Waals surface area contributed by atoms with Crippen LogP contribution < -0.4 is 0 Å². The van der Waals surface area contributed by atoms with Gasteiger partial charge in [0.2, 0.25) is 0 Å². The van der Waals surface area contributed by atoms with Crippen molar-refractivity contribution in [1.29, 1.82) is 0 Å². The van der Waals surface area contributed by atoms with Gasteiger partial charge >= 0.3 is 0 Å². The van der Waals surface area contributed by atoms with Gasteiger partial charge in [0.25, 0.3) is 0 Å². The molecule has 0 aromatic heterocycles. The van der Waals surface area contributed by atoms with Gasteiger partial charge in [0, 0.05) is 18.8 Å². The summed E-state index contributed by atoms with van der Waals surface area (Å²) in [4.78, 5) is 2.59. The van der Waals surface area contributed by atoms with Gasteiger partial charge in [-0.2, -0.15) is 0 Å². The highest BCUT2D eigenvalue weighted by atomic mass is 15.1. The van der Waals surface area contributed by atoms with Gasteiger partial charge in [-0.05, 0) is 61.7 Å². The molecule has 1 saturated heterocycles. The molecule has 1 nitrogen and oxygen atoms in total. The highest BCUT2D eigenvalue weighted by Crippen LogP contribution is 2.36. The van der Waals surface area contributed by atoms with Crippen LogP contribution in [0.4, 0.5) is 0 Å². The Morgan fingerprint density at radius 3 is 2.00 bits per heavy atom. The third-order valence-corrected chi connectivity index (χ3v) is 6.54. The molecule has 0 aromatic rings. The number of allylic oxidation sites excluding steroid dienone is 1. The lowest BCUT2D eigenvalue weighted by atomic mass is 9.77. The third kappa shape index (κ3) is 6.16. The largest absolute Gasteiger partial charge is 0.375 e. The topological polar surface area (TPSA) is 3.24 Å². The molecule has 0 aromatic carbocycles. The normalized spacial score (nSPS) is 27.0. The Morgan fingerprint density at radius 1 is 0.913 bits per heavy atom. The average molecular weight is 320 g/mol. The van der Waals surface area contributed by atoms with Crippen molar-refractivity contribution in [3.8, 4) is 0 Å². The minimum atomic E-state index is 0.853. The minimum absolute atomic E-state index is 0.853. The summed E-state index contributed by atoms with van der Waals surface area (Å²) in [6, 6.07) is 0. The Balaban J connectivity index is 1.62. The standard InChI is InChI=1S/C22H41N/c1-17(2)16-21-10-8-20(9-11-21)7-6-19(5)23-14-12-22(13-15-23)18(3)4/h17-18,20-22H,5-16H2,1-4H3. The van der Waals surface area contributed by atoms with E-state index in [1.165, 1.54) is 76.6 Å². The zero-order chi connectivity index (χ0) is 16.8. The van der Waals surface area contributed by atoms with Crippen LogP contribution in [0.2, 0.25) is 0 Å². The van der Waals surface area contributed by atoms with Crippen molar-refractivity contribution in [2.45, 2.75) is 85.5 Å². The first-order valence-electron chi connectivity index (χ1n) is 10.4. The van der Waals surface area contributed by atoms with Gasteiger partial charge < -0.3 is 4.90 Å². The lowest BCUT2D eigenvalue weighted by Gasteiger charge is -2.37. The lowest BCUT2D eigenvalue weighted by Crippen LogP contribution is -2.34. The zero-order valence-electron chi connectivity index (χ0n) is 16.3. The van der Waals surface area contributed by atoms with Gasteiger partial charge in [0.05, 0.1) is 0 Å². The van der Waals surface area contributed by atoms with E-state index in [0.717, 1.165) is 29.6 Å². The van der Waals surface area contributed by atoms with Gasteiger partial charge in [-0.3, -0.25) is 0 Å². The first kappa shape index (κ1) is 18.9. The Labute approximate surface area is 145 Å². The number of rotatable bonds is 7. The Hall–Kier alpha value is -0.460. The summed E-state index contributed by atoms with van der Waals surface area (Å²) in [6.45, 7) is 16.4. The Bertz CT molecular complexity index is 341. The average Bonchev–Trinajstić information content (AvgIpc) is 2.53. The molecule has 2 rings (SSSR count). The molecule has 0 spiro atoms. The number of hydrogen-bond acceptors (Lipinski definition) is 1. The van der Waals surface area contributed by atoms with Gasteiger partial charge in [-0.25, -0.2) is 0 Å². The summed E-state index contributed by atoms with van der Waals surface area (Å²) in [7, 11) is 0. The van der Waals surface area contributed by atoms with E-state index in [1.807, 2.05) is 0 Å². The maximum absolute atomic E-state index is 4.41. The van der Waals surface area contributed by atoms with Gasteiger partial charge in [-0.1, -0.05) is 60.0 Å². The van der Waals surface area contributed by atoms with Crippen molar-refractivity contribution >= 4 is 0 Å². The highest BCUT2D eigenvalue weighted by Gasteiger charge is 2.24. The van der Waals surface area contributed by atoms with Crippen molar-refractivity contribution in [1.82, 2.24) is 4.90 Å². The van der Waals surface area contributed by atoms with Crippen molar-refractivity contribution in [3.63, 3.8) is 0 Å². The van der Waals surface area contributed by atoms with Crippen LogP contribution in [0, 0.1) is 29.6 Å². The smallest absolute Gasteiger partial charge is 0.0177 e. The summed E-state index contributed by atoms with van der Waals surface area (Å²) in [5, 5.41) is 0. The zero-order valence-corrected chi connectivity index (χ0v) is 16.3. The second-order valence-corrected chi connectivity index (χ2v) is 9.19. The van der Waals surface area contributed by atoms with Gasteiger partial charge in [0.15, 0.2) is 0 Å². The number of likely N-dealkylation sites (tertiary alicyclic amines) is 1. The quantitative estimate of drug-likeness (QED) is 0.517. The molecule has 23 heavy (non-hydrogen) atoms. The van der Waals surface area contributed by atoms with Crippen molar-refractivity contribution in [2.75, 3.05) is 13.1 Å². The van der Waals surface area contributed by atoms with E-state index in [0.29, 0.717) is 0 Å². The molecule has 1 heteroatoms. The Morgan fingerprint density at radius 2 is 1.48 bits per heavy atom. The molecule has 0 unspecified atom stereocenters. The molecule has 1 aliphatic heterocycles. The predicted octanol–water partition coefficient (Wildman–Crippen LogP) is 6.50. The third-order valence-electron chi connectivity index (χ3n) is 6.54. The van der Waals surface area contributed by atoms with E-state index in [2.05, 4.69) is 39.2 Å². The SMILES string of the molecule is C=C(CCC1CCC(CC(C)C)CC1)N1CCC(C(C)C)CC1. The fourth-order valence-electron chi connectivity index (χ4n) is 4.83. The Kier molecular flexibility index (Phi) is 7.50. The summed E-state index contributed by atoms with van der Waals surface area (Å²) >= 11 is 0. The molecule has 0 amide bonds. The van der Waals surface area contributed by atoms with Gasteiger partial charge in [0.1, 0.15) is 0 Å². The molecule has 1 heterocycles. The van der Waals surface area contributed by atoms with Crippen molar-refractivity contribution < 1.29 is 0 Å². The second-order valence-electron chi connectivity index (χ2n) is 9.19. The molecule has 0 radical (unpaired) electrons. The van der Waals surface area contributed by atoms with Crippen LogP contribution in [0.1, 0.15) is 85.5 Å². The maximum Gasteiger partial charge on any atom is 0.0177 e. The molecule has 0 N–H and O–H groups in total. The lowest BCUT2D eigenvalue weighted by molar-refractivity contribution is 0.181.